The van der Waals surface area contributed by atoms with Crippen LogP contribution in [0.15, 0.2) is 0 Å². The normalized spacial score (nSPS) is 52.5. The molecule has 0 aromatic heterocycles. The van der Waals surface area contributed by atoms with Gasteiger partial charge >= 0.3 is 5.97 Å². The van der Waals surface area contributed by atoms with Crippen LogP contribution >= 0.6 is 0 Å². The van der Waals surface area contributed by atoms with Crippen LogP contribution in [0, 0.1) is 39.4 Å². The summed E-state index contributed by atoms with van der Waals surface area (Å²) >= 11 is 0. The Labute approximate surface area is 122 Å². The molecule has 112 valence electrons. The van der Waals surface area contributed by atoms with Gasteiger partial charge in [-0.15, -0.1) is 0 Å². The molecule has 5 rings (SSSR count). The van der Waals surface area contributed by atoms with Crippen LogP contribution in [0.4, 0.5) is 0 Å². The Morgan fingerprint density at radius 2 is 1.95 bits per heavy atom. The van der Waals surface area contributed by atoms with Gasteiger partial charge in [-0.2, -0.15) is 0 Å². The maximum atomic E-state index is 11.3. The first-order valence-corrected chi connectivity index (χ1v) is 8.35. The molecule has 2 nitrogen and oxygen atoms in total. The molecule has 2 spiro atoms. The van der Waals surface area contributed by atoms with Crippen LogP contribution in [0.3, 0.4) is 0 Å². The van der Waals surface area contributed by atoms with E-state index in [1.54, 1.807) is 6.92 Å². The molecule has 0 radical (unpaired) electrons. The minimum atomic E-state index is -0.111. The number of hydrogen-bond acceptors (Lipinski definition) is 2. The van der Waals surface area contributed by atoms with Gasteiger partial charge in [0.25, 0.3) is 0 Å². The van der Waals surface area contributed by atoms with E-state index >= 15 is 0 Å². The number of carbonyl (C=O) groups excluding carboxylic acids is 1. The van der Waals surface area contributed by atoms with E-state index in [2.05, 4.69) is 27.7 Å². The molecular weight excluding hydrogens is 248 g/mol. The van der Waals surface area contributed by atoms with Crippen molar-refractivity contribution in [3.05, 3.63) is 0 Å². The predicted octanol–water partition coefficient (Wildman–Crippen LogP) is 4.04. The molecule has 0 N–H and O–H groups in total. The molecular formula is C18H28O2. The molecule has 5 fully saturated rings. The number of esters is 1. The van der Waals surface area contributed by atoms with Gasteiger partial charge in [-0.3, -0.25) is 4.79 Å². The van der Waals surface area contributed by atoms with Crippen molar-refractivity contribution in [1.82, 2.24) is 0 Å². The van der Waals surface area contributed by atoms with E-state index in [4.69, 9.17) is 4.74 Å². The Morgan fingerprint density at radius 3 is 2.55 bits per heavy atom. The van der Waals surface area contributed by atoms with Crippen LogP contribution in [-0.2, 0) is 9.53 Å². The third kappa shape index (κ3) is 1.01. The second kappa shape index (κ2) is 3.28. The minimum Gasteiger partial charge on any atom is -0.466 e. The lowest BCUT2D eigenvalue weighted by atomic mass is 9.57. The number of hydrogen-bond donors (Lipinski definition) is 0. The highest BCUT2D eigenvalue weighted by Crippen LogP contribution is 3.00. The van der Waals surface area contributed by atoms with Crippen molar-refractivity contribution in [2.45, 2.75) is 60.3 Å². The smallest absolute Gasteiger partial charge is 0.302 e. The fraction of sp³-hybridized carbons (Fsp3) is 0.944. The van der Waals surface area contributed by atoms with Crippen LogP contribution in [0.1, 0.15) is 60.3 Å². The molecule has 5 saturated carbocycles. The number of carbonyl (C=O) groups is 1. The maximum Gasteiger partial charge on any atom is 0.302 e. The van der Waals surface area contributed by atoms with Crippen LogP contribution in [-0.4, -0.2) is 12.6 Å². The molecule has 2 heteroatoms. The van der Waals surface area contributed by atoms with Crippen molar-refractivity contribution in [2.24, 2.45) is 39.4 Å². The van der Waals surface area contributed by atoms with E-state index in [1.807, 2.05) is 0 Å². The van der Waals surface area contributed by atoms with E-state index in [1.165, 1.54) is 25.7 Å². The second-order valence-corrected chi connectivity index (χ2v) is 9.17. The molecule has 3 unspecified atom stereocenters. The molecule has 4 bridgehead atoms. The Balaban J connectivity index is 1.75. The lowest BCUT2D eigenvalue weighted by molar-refractivity contribution is -0.145. The Kier molecular flexibility index (Phi) is 2.16. The largest absolute Gasteiger partial charge is 0.466 e. The summed E-state index contributed by atoms with van der Waals surface area (Å²) in [5.41, 5.74) is 1.96. The van der Waals surface area contributed by atoms with Gasteiger partial charge < -0.3 is 4.74 Å². The molecule has 0 aromatic rings. The highest BCUT2D eigenvalue weighted by molar-refractivity contribution is 5.66. The Morgan fingerprint density at radius 1 is 1.25 bits per heavy atom. The van der Waals surface area contributed by atoms with Gasteiger partial charge in [0.2, 0.25) is 0 Å². The van der Waals surface area contributed by atoms with E-state index in [-0.39, 0.29) is 5.97 Å². The summed E-state index contributed by atoms with van der Waals surface area (Å²) in [6.45, 7) is 12.2. The van der Waals surface area contributed by atoms with E-state index in [0.29, 0.717) is 34.2 Å². The zero-order chi connectivity index (χ0) is 14.6. The van der Waals surface area contributed by atoms with Crippen molar-refractivity contribution in [3.63, 3.8) is 0 Å². The highest BCUT2D eigenvalue weighted by atomic mass is 16.5. The Bertz CT molecular complexity index is 492. The van der Waals surface area contributed by atoms with Gasteiger partial charge in [-0.1, -0.05) is 27.7 Å². The SMILES string of the molecule is CC(=O)OCC1CCC(C)(C)C23C[C@H]4CC2[C@]13C4(C)C. The van der Waals surface area contributed by atoms with Crippen LogP contribution < -0.4 is 0 Å². The molecule has 0 aromatic carbocycles. The molecule has 5 aliphatic rings. The molecule has 0 aliphatic heterocycles. The van der Waals surface area contributed by atoms with Crippen molar-refractivity contribution in [2.75, 3.05) is 6.61 Å². The van der Waals surface area contributed by atoms with Crippen LogP contribution in [0.25, 0.3) is 0 Å². The predicted molar refractivity (Wildman–Crippen MR) is 78.0 cm³/mol. The van der Waals surface area contributed by atoms with Crippen LogP contribution in [0.5, 0.6) is 0 Å². The van der Waals surface area contributed by atoms with E-state index < -0.39 is 0 Å². The average Bonchev–Trinajstić information content (AvgIpc) is 2.60. The van der Waals surface area contributed by atoms with Gasteiger partial charge in [-0.25, -0.2) is 0 Å². The van der Waals surface area contributed by atoms with Gasteiger partial charge in [-0.05, 0) is 59.2 Å². The molecule has 0 amide bonds. The van der Waals surface area contributed by atoms with Gasteiger partial charge in [0.15, 0.2) is 0 Å². The first-order valence-electron chi connectivity index (χ1n) is 8.35. The van der Waals surface area contributed by atoms with E-state index in [9.17, 15) is 4.79 Å². The Hall–Kier alpha value is -0.530. The molecule has 5 aliphatic carbocycles. The third-order valence-corrected chi connectivity index (χ3v) is 8.43. The monoisotopic (exact) mass is 276 g/mol. The van der Waals surface area contributed by atoms with Gasteiger partial charge in [0, 0.05) is 12.8 Å². The lowest BCUT2D eigenvalue weighted by Crippen LogP contribution is -2.43. The standard InChI is InChI=1S/C18H28O2/c1-11(19)20-10-12-6-7-15(2,3)17-9-13-8-14(17)18(12,17)16(13,4)5/h12-14H,6-10H2,1-5H3/t12?,13-,14?,17?,18+/m1/s1. The quantitative estimate of drug-likeness (QED) is 0.712. The van der Waals surface area contributed by atoms with Crippen LogP contribution in [0.2, 0.25) is 0 Å². The third-order valence-electron chi connectivity index (χ3n) is 8.43. The van der Waals surface area contributed by atoms with Crippen molar-refractivity contribution in [3.8, 4) is 0 Å². The molecule has 5 atom stereocenters. The molecule has 0 saturated heterocycles. The average molecular weight is 276 g/mol. The van der Waals surface area contributed by atoms with Gasteiger partial charge in [0.05, 0.1) is 6.61 Å². The first kappa shape index (κ1) is 13.2. The second-order valence-electron chi connectivity index (χ2n) is 9.17. The van der Waals surface area contributed by atoms with E-state index in [0.717, 1.165) is 11.8 Å². The summed E-state index contributed by atoms with van der Waals surface area (Å²) in [7, 11) is 0. The topological polar surface area (TPSA) is 26.3 Å². The maximum absolute atomic E-state index is 11.3. The fourth-order valence-electron chi connectivity index (χ4n) is 7.91. The molecule has 20 heavy (non-hydrogen) atoms. The summed E-state index contributed by atoms with van der Waals surface area (Å²) in [6.07, 6.45) is 5.43. The fourth-order valence-corrected chi connectivity index (χ4v) is 7.91. The van der Waals surface area contributed by atoms with Crippen molar-refractivity contribution < 1.29 is 9.53 Å². The summed E-state index contributed by atoms with van der Waals surface area (Å²) in [5.74, 6) is 2.31. The summed E-state index contributed by atoms with van der Waals surface area (Å²) in [5, 5.41) is 0. The first-order chi connectivity index (χ1) is 9.22. The van der Waals surface area contributed by atoms with Gasteiger partial charge in [0.1, 0.15) is 0 Å². The minimum absolute atomic E-state index is 0.111. The number of ether oxygens (including phenoxy) is 1. The highest BCUT2D eigenvalue weighted by Gasteiger charge is 2.95. The number of rotatable bonds is 2. The summed E-state index contributed by atoms with van der Waals surface area (Å²) in [4.78, 5) is 11.3. The summed E-state index contributed by atoms with van der Waals surface area (Å²) in [6, 6.07) is 0. The van der Waals surface area contributed by atoms with Crippen molar-refractivity contribution in [1.29, 1.82) is 0 Å². The zero-order valence-corrected chi connectivity index (χ0v) is 13.6. The molecule has 0 heterocycles. The van der Waals surface area contributed by atoms with Crippen molar-refractivity contribution >= 4 is 5.97 Å². The zero-order valence-electron chi connectivity index (χ0n) is 13.6. The lowest BCUT2D eigenvalue weighted by Gasteiger charge is -2.48. The summed E-state index contributed by atoms with van der Waals surface area (Å²) < 4.78 is 5.47.